The zero-order valence-corrected chi connectivity index (χ0v) is 14.8. The fourth-order valence-corrected chi connectivity index (χ4v) is 4.47. The SMILES string of the molecule is O=S(=O)(CC1CCNCC1)NCCc1ccn(-c2ccc(F)cc2)n1. The summed E-state index contributed by atoms with van der Waals surface area (Å²) in [6.07, 6.45) is 4.11. The van der Waals surface area contributed by atoms with E-state index in [1.165, 1.54) is 12.1 Å². The van der Waals surface area contributed by atoms with Gasteiger partial charge in [0.15, 0.2) is 0 Å². The first-order valence-corrected chi connectivity index (χ1v) is 10.2. The highest BCUT2D eigenvalue weighted by Crippen LogP contribution is 2.13. The Kier molecular flexibility index (Phi) is 5.82. The first-order chi connectivity index (χ1) is 12.0. The molecule has 2 aromatic rings. The maximum absolute atomic E-state index is 13.0. The van der Waals surface area contributed by atoms with E-state index < -0.39 is 10.0 Å². The second kappa shape index (κ2) is 8.07. The average molecular weight is 366 g/mol. The third-order valence-electron chi connectivity index (χ3n) is 4.35. The Balaban J connectivity index is 1.49. The second-order valence-electron chi connectivity index (χ2n) is 6.35. The van der Waals surface area contributed by atoms with Gasteiger partial charge in [-0.3, -0.25) is 0 Å². The average Bonchev–Trinajstić information content (AvgIpc) is 3.04. The van der Waals surface area contributed by atoms with Crippen LogP contribution in [-0.2, 0) is 16.4 Å². The molecule has 0 saturated carbocycles. The lowest BCUT2D eigenvalue weighted by molar-refractivity contribution is 0.400. The lowest BCUT2D eigenvalue weighted by atomic mass is 10.0. The summed E-state index contributed by atoms with van der Waals surface area (Å²) in [6, 6.07) is 7.89. The van der Waals surface area contributed by atoms with Gasteiger partial charge in [-0.05, 0) is 62.2 Å². The van der Waals surface area contributed by atoms with Crippen molar-refractivity contribution in [1.82, 2.24) is 19.8 Å². The smallest absolute Gasteiger partial charge is 0.211 e. The Morgan fingerprint density at radius 1 is 1.20 bits per heavy atom. The highest BCUT2D eigenvalue weighted by atomic mass is 32.2. The third kappa shape index (κ3) is 5.35. The minimum absolute atomic E-state index is 0.193. The van der Waals surface area contributed by atoms with Crippen molar-refractivity contribution in [3.8, 4) is 5.69 Å². The summed E-state index contributed by atoms with van der Waals surface area (Å²) in [4.78, 5) is 0. The molecule has 1 aliphatic heterocycles. The summed E-state index contributed by atoms with van der Waals surface area (Å²) in [6.45, 7) is 2.11. The molecule has 0 aliphatic carbocycles. The standard InChI is InChI=1S/C17H23FN4O2S/c18-15-1-3-17(4-2-15)22-12-8-16(21-22)7-11-20-25(23,24)13-14-5-9-19-10-6-14/h1-4,8,12,14,19-20H,5-7,9-11,13H2. The second-order valence-corrected chi connectivity index (χ2v) is 8.20. The normalized spacial score (nSPS) is 16.2. The molecule has 1 aromatic carbocycles. The molecule has 136 valence electrons. The maximum atomic E-state index is 13.0. The van der Waals surface area contributed by atoms with Crippen LogP contribution in [-0.4, -0.2) is 43.6 Å². The number of sulfonamides is 1. The molecule has 0 spiro atoms. The van der Waals surface area contributed by atoms with Crippen LogP contribution >= 0.6 is 0 Å². The van der Waals surface area contributed by atoms with Gasteiger partial charge in [-0.1, -0.05) is 0 Å². The molecule has 1 fully saturated rings. The fraction of sp³-hybridized carbons (Fsp3) is 0.471. The van der Waals surface area contributed by atoms with E-state index in [4.69, 9.17) is 0 Å². The van der Waals surface area contributed by atoms with Crippen LogP contribution in [0.3, 0.4) is 0 Å². The first kappa shape index (κ1) is 18.0. The van der Waals surface area contributed by atoms with Gasteiger partial charge >= 0.3 is 0 Å². The van der Waals surface area contributed by atoms with Crippen molar-refractivity contribution < 1.29 is 12.8 Å². The minimum atomic E-state index is -3.26. The molecule has 1 aromatic heterocycles. The van der Waals surface area contributed by atoms with Crippen LogP contribution in [0.2, 0.25) is 0 Å². The fourth-order valence-electron chi connectivity index (χ4n) is 2.98. The molecule has 0 unspecified atom stereocenters. The molecule has 8 heteroatoms. The molecule has 2 N–H and O–H groups in total. The quantitative estimate of drug-likeness (QED) is 0.778. The van der Waals surface area contributed by atoms with Crippen LogP contribution in [0, 0.1) is 11.7 Å². The van der Waals surface area contributed by atoms with Gasteiger partial charge in [-0.2, -0.15) is 5.10 Å². The zero-order chi connectivity index (χ0) is 17.7. The topological polar surface area (TPSA) is 76.0 Å². The Labute approximate surface area is 147 Å². The predicted octanol–water partition coefficient (Wildman–Crippen LogP) is 1.47. The molecule has 0 radical (unpaired) electrons. The Bertz CT molecular complexity index is 783. The Morgan fingerprint density at radius 2 is 1.92 bits per heavy atom. The molecule has 2 heterocycles. The molecule has 25 heavy (non-hydrogen) atoms. The van der Waals surface area contributed by atoms with Crippen LogP contribution < -0.4 is 10.0 Å². The highest BCUT2D eigenvalue weighted by molar-refractivity contribution is 7.89. The van der Waals surface area contributed by atoms with Crippen molar-refractivity contribution in [2.45, 2.75) is 19.3 Å². The number of nitrogens with one attached hydrogen (secondary N) is 2. The van der Waals surface area contributed by atoms with E-state index in [-0.39, 0.29) is 17.5 Å². The van der Waals surface area contributed by atoms with Crippen LogP contribution in [0.25, 0.3) is 5.69 Å². The Hall–Kier alpha value is -1.77. The summed E-state index contributed by atoms with van der Waals surface area (Å²) in [5, 5.41) is 7.63. The van der Waals surface area contributed by atoms with Crippen molar-refractivity contribution in [3.63, 3.8) is 0 Å². The molecule has 1 aliphatic rings. The molecule has 3 rings (SSSR count). The minimum Gasteiger partial charge on any atom is -0.317 e. The number of benzene rings is 1. The van der Waals surface area contributed by atoms with Gasteiger partial charge in [-0.25, -0.2) is 22.2 Å². The largest absolute Gasteiger partial charge is 0.317 e. The van der Waals surface area contributed by atoms with Crippen molar-refractivity contribution in [3.05, 3.63) is 48.0 Å². The van der Waals surface area contributed by atoms with Crippen LogP contribution in [0.5, 0.6) is 0 Å². The summed E-state index contributed by atoms with van der Waals surface area (Å²) in [5.41, 5.74) is 1.55. The first-order valence-electron chi connectivity index (χ1n) is 8.50. The van der Waals surface area contributed by atoms with Crippen molar-refractivity contribution in [1.29, 1.82) is 0 Å². The van der Waals surface area contributed by atoms with E-state index in [1.54, 1.807) is 23.0 Å². The van der Waals surface area contributed by atoms with Gasteiger partial charge in [0.1, 0.15) is 5.82 Å². The monoisotopic (exact) mass is 366 g/mol. The lowest BCUT2D eigenvalue weighted by Gasteiger charge is -2.22. The van der Waals surface area contributed by atoms with Gasteiger partial charge in [-0.15, -0.1) is 0 Å². The number of nitrogens with zero attached hydrogens (tertiary/aromatic N) is 2. The number of hydrogen-bond donors (Lipinski definition) is 2. The van der Waals surface area contributed by atoms with Gasteiger partial charge in [0.05, 0.1) is 17.1 Å². The number of rotatable bonds is 7. The number of hydrogen-bond acceptors (Lipinski definition) is 4. The summed E-state index contributed by atoms with van der Waals surface area (Å²) < 4.78 is 41.6. The number of aromatic nitrogens is 2. The summed E-state index contributed by atoms with van der Waals surface area (Å²) >= 11 is 0. The molecule has 0 bridgehead atoms. The highest BCUT2D eigenvalue weighted by Gasteiger charge is 2.20. The number of piperidine rings is 1. The van der Waals surface area contributed by atoms with E-state index in [2.05, 4.69) is 15.1 Å². The van der Waals surface area contributed by atoms with Gasteiger partial charge in [0.2, 0.25) is 10.0 Å². The van der Waals surface area contributed by atoms with E-state index in [9.17, 15) is 12.8 Å². The summed E-state index contributed by atoms with van der Waals surface area (Å²) in [5.74, 6) is 0.134. The zero-order valence-electron chi connectivity index (χ0n) is 14.0. The molecule has 0 atom stereocenters. The van der Waals surface area contributed by atoms with E-state index in [0.717, 1.165) is 37.3 Å². The predicted molar refractivity (Wildman–Crippen MR) is 94.6 cm³/mol. The molecular formula is C17H23FN4O2S. The Morgan fingerprint density at radius 3 is 2.64 bits per heavy atom. The van der Waals surface area contributed by atoms with Gasteiger partial charge in [0.25, 0.3) is 0 Å². The van der Waals surface area contributed by atoms with Crippen molar-refractivity contribution >= 4 is 10.0 Å². The summed E-state index contributed by atoms with van der Waals surface area (Å²) in [7, 11) is -3.26. The van der Waals surface area contributed by atoms with Gasteiger partial charge in [0, 0.05) is 19.2 Å². The van der Waals surface area contributed by atoms with Crippen LogP contribution in [0.1, 0.15) is 18.5 Å². The van der Waals surface area contributed by atoms with Crippen LogP contribution in [0.4, 0.5) is 4.39 Å². The molecular weight excluding hydrogens is 343 g/mol. The molecule has 0 amide bonds. The van der Waals surface area contributed by atoms with Crippen molar-refractivity contribution in [2.75, 3.05) is 25.4 Å². The lowest BCUT2D eigenvalue weighted by Crippen LogP contribution is -2.36. The molecule has 1 saturated heterocycles. The molecule has 6 nitrogen and oxygen atoms in total. The van der Waals surface area contributed by atoms with E-state index >= 15 is 0 Å². The maximum Gasteiger partial charge on any atom is 0.211 e. The van der Waals surface area contributed by atoms with Crippen molar-refractivity contribution in [2.24, 2.45) is 5.92 Å². The van der Waals surface area contributed by atoms with Gasteiger partial charge < -0.3 is 5.32 Å². The van der Waals surface area contributed by atoms with E-state index in [1.807, 2.05) is 6.07 Å². The van der Waals surface area contributed by atoms with E-state index in [0.29, 0.717) is 13.0 Å². The van der Waals surface area contributed by atoms with Crippen LogP contribution in [0.15, 0.2) is 36.5 Å². The number of halogens is 1. The third-order valence-corrected chi connectivity index (χ3v) is 5.91.